The Balaban J connectivity index is 2.53. The number of hydrogen-bond donors (Lipinski definition) is 0. The number of nitrogens with zero attached hydrogens (tertiary/aromatic N) is 2. The van der Waals surface area contributed by atoms with Crippen molar-refractivity contribution in [2.24, 2.45) is 11.0 Å². The smallest absolute Gasteiger partial charge is 0.0540 e. The predicted octanol–water partition coefficient (Wildman–Crippen LogP) is 1.33. The molecule has 0 aromatic rings. The Bertz CT molecular complexity index is 108. The Morgan fingerprint density at radius 2 is 2.33 bits per heavy atom. The minimum Gasteiger partial charge on any atom is -0.297 e. The van der Waals surface area contributed by atoms with E-state index in [0.717, 1.165) is 0 Å². The highest BCUT2D eigenvalue weighted by Gasteiger charge is 2.21. The van der Waals surface area contributed by atoms with Crippen molar-refractivity contribution in [3.63, 3.8) is 0 Å². The van der Waals surface area contributed by atoms with Crippen LogP contribution in [-0.4, -0.2) is 24.3 Å². The minimum atomic E-state index is 0.639. The molecular formula is C7H14N2. The van der Waals surface area contributed by atoms with Crippen LogP contribution in [0.2, 0.25) is 0 Å². The molecule has 0 aliphatic carbocycles. The Morgan fingerprint density at radius 1 is 1.67 bits per heavy atom. The van der Waals surface area contributed by atoms with Gasteiger partial charge in [-0.25, -0.2) is 0 Å². The van der Waals surface area contributed by atoms with Crippen LogP contribution in [0.25, 0.3) is 0 Å². The molecule has 2 atom stereocenters. The molecule has 1 aliphatic heterocycles. The lowest BCUT2D eigenvalue weighted by molar-refractivity contribution is 0.246. The molecule has 0 aromatic carbocycles. The van der Waals surface area contributed by atoms with Crippen LogP contribution in [0.1, 0.15) is 20.3 Å². The van der Waals surface area contributed by atoms with E-state index in [0.29, 0.717) is 12.0 Å². The first-order chi connectivity index (χ1) is 4.25. The molecule has 2 heteroatoms. The van der Waals surface area contributed by atoms with Crippen LogP contribution in [0, 0.1) is 5.92 Å². The molecule has 1 rings (SSSR count). The Hall–Kier alpha value is -0.530. The molecular weight excluding hydrogens is 112 g/mol. The molecule has 0 radical (unpaired) electrons. The molecule has 52 valence electrons. The van der Waals surface area contributed by atoms with Crippen molar-refractivity contribution in [3.8, 4) is 0 Å². The van der Waals surface area contributed by atoms with Crippen LogP contribution < -0.4 is 0 Å². The highest BCUT2D eigenvalue weighted by atomic mass is 15.5. The third-order valence-electron chi connectivity index (χ3n) is 1.99. The molecule has 0 aromatic heterocycles. The Labute approximate surface area is 56.5 Å². The molecule has 9 heavy (non-hydrogen) atoms. The molecule has 1 aliphatic rings. The first kappa shape index (κ1) is 6.59. The van der Waals surface area contributed by atoms with Crippen LogP contribution in [-0.2, 0) is 0 Å². The lowest BCUT2D eigenvalue weighted by atomic mass is 10.0. The van der Waals surface area contributed by atoms with Crippen molar-refractivity contribution in [1.82, 2.24) is 5.01 Å². The first-order valence-electron chi connectivity index (χ1n) is 3.52. The molecule has 2 nitrogen and oxygen atoms in total. The summed E-state index contributed by atoms with van der Waals surface area (Å²) in [6, 6.07) is 0.644. The fraction of sp³-hybridized carbons (Fsp3) is 0.857. The highest BCUT2D eigenvalue weighted by Crippen LogP contribution is 2.16. The number of hydrazone groups is 1. The van der Waals surface area contributed by atoms with Gasteiger partial charge in [0.1, 0.15) is 0 Å². The summed E-state index contributed by atoms with van der Waals surface area (Å²) in [5.74, 6) is 0.639. The fourth-order valence-corrected chi connectivity index (χ4v) is 1.37. The average Bonchev–Trinajstić information content (AvgIpc) is 2.12. The van der Waals surface area contributed by atoms with Gasteiger partial charge in [-0.1, -0.05) is 13.8 Å². The van der Waals surface area contributed by atoms with E-state index in [2.05, 4.69) is 18.9 Å². The van der Waals surface area contributed by atoms with Gasteiger partial charge in [-0.2, -0.15) is 5.10 Å². The molecule has 0 spiro atoms. The fourth-order valence-electron chi connectivity index (χ4n) is 1.37. The van der Waals surface area contributed by atoms with Gasteiger partial charge in [0, 0.05) is 19.2 Å². The molecule has 0 saturated heterocycles. The molecule has 0 saturated carbocycles. The maximum absolute atomic E-state index is 4.18. The van der Waals surface area contributed by atoms with Gasteiger partial charge in [0.2, 0.25) is 0 Å². The van der Waals surface area contributed by atoms with Gasteiger partial charge >= 0.3 is 0 Å². The van der Waals surface area contributed by atoms with Crippen molar-refractivity contribution in [1.29, 1.82) is 0 Å². The summed E-state index contributed by atoms with van der Waals surface area (Å²) in [6.45, 7) is 4.41. The molecule has 2 unspecified atom stereocenters. The summed E-state index contributed by atoms with van der Waals surface area (Å²) in [5, 5.41) is 6.22. The Kier molecular flexibility index (Phi) is 1.74. The quantitative estimate of drug-likeness (QED) is 0.517. The van der Waals surface area contributed by atoms with Crippen molar-refractivity contribution in [3.05, 3.63) is 0 Å². The second-order valence-corrected chi connectivity index (χ2v) is 2.67. The van der Waals surface area contributed by atoms with E-state index in [4.69, 9.17) is 0 Å². The van der Waals surface area contributed by atoms with E-state index < -0.39 is 0 Å². The molecule has 0 fully saturated rings. The highest BCUT2D eigenvalue weighted by molar-refractivity contribution is 5.62. The lowest BCUT2D eigenvalue weighted by Gasteiger charge is -2.19. The molecule has 0 amide bonds. The standard InChI is InChI=1S/C7H14N2/c1-4-7-6(2)5-8-9(7)3/h5-7H,4H2,1-3H3. The van der Waals surface area contributed by atoms with Crippen molar-refractivity contribution in [2.45, 2.75) is 26.3 Å². The van der Waals surface area contributed by atoms with Crippen LogP contribution in [0.3, 0.4) is 0 Å². The molecule has 0 bridgehead atoms. The summed E-state index contributed by atoms with van der Waals surface area (Å²) in [4.78, 5) is 0. The van der Waals surface area contributed by atoms with Crippen molar-refractivity contribution >= 4 is 6.21 Å². The zero-order valence-electron chi connectivity index (χ0n) is 6.33. The van der Waals surface area contributed by atoms with Gasteiger partial charge in [0.25, 0.3) is 0 Å². The zero-order valence-corrected chi connectivity index (χ0v) is 6.33. The zero-order chi connectivity index (χ0) is 6.85. The van der Waals surface area contributed by atoms with Gasteiger partial charge < -0.3 is 0 Å². The predicted molar refractivity (Wildman–Crippen MR) is 39.5 cm³/mol. The van der Waals surface area contributed by atoms with Gasteiger partial charge in [0.15, 0.2) is 0 Å². The van der Waals surface area contributed by atoms with Crippen molar-refractivity contribution < 1.29 is 0 Å². The summed E-state index contributed by atoms with van der Waals surface area (Å²) in [5.41, 5.74) is 0. The second kappa shape index (κ2) is 2.38. The monoisotopic (exact) mass is 126 g/mol. The van der Waals surface area contributed by atoms with Gasteiger partial charge in [-0.3, -0.25) is 5.01 Å². The molecule has 0 N–H and O–H groups in total. The van der Waals surface area contributed by atoms with Crippen LogP contribution >= 0.6 is 0 Å². The maximum Gasteiger partial charge on any atom is 0.0540 e. The summed E-state index contributed by atoms with van der Waals surface area (Å²) >= 11 is 0. The topological polar surface area (TPSA) is 15.6 Å². The van der Waals surface area contributed by atoms with E-state index in [1.807, 2.05) is 18.3 Å². The number of rotatable bonds is 1. The average molecular weight is 126 g/mol. The number of hydrogen-bond acceptors (Lipinski definition) is 2. The first-order valence-corrected chi connectivity index (χ1v) is 3.52. The van der Waals surface area contributed by atoms with Gasteiger partial charge in [0.05, 0.1) is 6.04 Å². The van der Waals surface area contributed by atoms with Crippen LogP contribution in [0.5, 0.6) is 0 Å². The summed E-state index contributed by atoms with van der Waals surface area (Å²) < 4.78 is 0. The maximum atomic E-state index is 4.18. The van der Waals surface area contributed by atoms with Gasteiger partial charge in [-0.15, -0.1) is 0 Å². The third kappa shape index (κ3) is 1.07. The Morgan fingerprint density at radius 3 is 2.56 bits per heavy atom. The molecule has 1 heterocycles. The summed E-state index contributed by atoms with van der Waals surface area (Å²) in [7, 11) is 2.04. The lowest BCUT2D eigenvalue weighted by Crippen LogP contribution is -2.26. The minimum absolute atomic E-state index is 0.639. The van der Waals surface area contributed by atoms with Gasteiger partial charge in [-0.05, 0) is 6.42 Å². The third-order valence-corrected chi connectivity index (χ3v) is 1.99. The van der Waals surface area contributed by atoms with Crippen LogP contribution in [0.15, 0.2) is 5.10 Å². The van der Waals surface area contributed by atoms with E-state index in [-0.39, 0.29) is 0 Å². The van der Waals surface area contributed by atoms with E-state index in [1.54, 1.807) is 0 Å². The normalized spacial score (nSPS) is 33.9. The SMILES string of the molecule is CCC1C(C)C=NN1C. The van der Waals surface area contributed by atoms with Crippen LogP contribution in [0.4, 0.5) is 0 Å². The summed E-state index contributed by atoms with van der Waals surface area (Å²) in [6.07, 6.45) is 3.21. The van der Waals surface area contributed by atoms with E-state index in [9.17, 15) is 0 Å². The van der Waals surface area contributed by atoms with E-state index in [1.165, 1.54) is 6.42 Å². The second-order valence-electron chi connectivity index (χ2n) is 2.67. The van der Waals surface area contributed by atoms with E-state index >= 15 is 0 Å². The largest absolute Gasteiger partial charge is 0.297 e. The van der Waals surface area contributed by atoms with Crippen molar-refractivity contribution in [2.75, 3.05) is 7.05 Å².